The van der Waals surface area contributed by atoms with Crippen LogP contribution in [-0.4, -0.2) is 16.7 Å². The fourth-order valence-electron chi connectivity index (χ4n) is 1.98. The second kappa shape index (κ2) is 4.70. The molecule has 100 valence electrons. The molecular weight excluding hydrogens is 256 g/mol. The SMILES string of the molecule is CC(=O)c1cccc(NC(=O)c2cc3occc3[nH]2)c1. The van der Waals surface area contributed by atoms with Crippen LogP contribution >= 0.6 is 0 Å². The Hall–Kier alpha value is -2.82. The second-order valence-corrected chi connectivity index (χ2v) is 4.47. The Morgan fingerprint density at radius 1 is 1.20 bits per heavy atom. The summed E-state index contributed by atoms with van der Waals surface area (Å²) in [4.78, 5) is 26.4. The molecular formula is C15H12N2O3. The minimum absolute atomic E-state index is 0.0431. The third-order valence-corrected chi connectivity index (χ3v) is 3.01. The molecule has 0 aliphatic rings. The van der Waals surface area contributed by atoms with Gasteiger partial charge in [-0.1, -0.05) is 12.1 Å². The van der Waals surface area contributed by atoms with Crippen LogP contribution in [0.4, 0.5) is 5.69 Å². The van der Waals surface area contributed by atoms with Gasteiger partial charge in [0.1, 0.15) is 5.69 Å². The number of Topliss-reactive ketones (excluding diaryl/α,β-unsaturated/α-hetero) is 1. The number of hydrogen-bond donors (Lipinski definition) is 2. The van der Waals surface area contributed by atoms with Gasteiger partial charge in [-0.2, -0.15) is 0 Å². The summed E-state index contributed by atoms with van der Waals surface area (Å²) >= 11 is 0. The van der Waals surface area contributed by atoms with Crippen molar-refractivity contribution in [1.29, 1.82) is 0 Å². The van der Waals surface area contributed by atoms with Crippen LogP contribution in [-0.2, 0) is 0 Å². The molecule has 5 heteroatoms. The molecule has 0 spiro atoms. The quantitative estimate of drug-likeness (QED) is 0.716. The lowest BCUT2D eigenvalue weighted by atomic mass is 10.1. The Morgan fingerprint density at radius 3 is 2.80 bits per heavy atom. The Kier molecular flexibility index (Phi) is 2.87. The molecule has 0 radical (unpaired) electrons. The highest BCUT2D eigenvalue weighted by atomic mass is 16.3. The molecule has 0 bridgehead atoms. The summed E-state index contributed by atoms with van der Waals surface area (Å²) in [6.45, 7) is 1.49. The molecule has 0 fully saturated rings. The van der Waals surface area contributed by atoms with Crippen LogP contribution in [0.1, 0.15) is 27.8 Å². The zero-order valence-corrected chi connectivity index (χ0v) is 10.8. The monoisotopic (exact) mass is 268 g/mol. The molecule has 1 aromatic carbocycles. The Bertz CT molecular complexity index is 770. The van der Waals surface area contributed by atoms with E-state index in [1.807, 2.05) is 0 Å². The average Bonchev–Trinajstić information content (AvgIpc) is 2.99. The van der Waals surface area contributed by atoms with Crippen molar-refractivity contribution >= 4 is 28.5 Å². The van der Waals surface area contributed by atoms with E-state index >= 15 is 0 Å². The van der Waals surface area contributed by atoms with Gasteiger partial charge in [-0.3, -0.25) is 9.59 Å². The Morgan fingerprint density at radius 2 is 2.05 bits per heavy atom. The molecule has 2 N–H and O–H groups in total. The summed E-state index contributed by atoms with van der Waals surface area (Å²) in [6.07, 6.45) is 1.55. The van der Waals surface area contributed by atoms with Crippen LogP contribution < -0.4 is 5.32 Å². The van der Waals surface area contributed by atoms with Crippen molar-refractivity contribution in [2.45, 2.75) is 6.92 Å². The number of hydrogen-bond acceptors (Lipinski definition) is 3. The summed E-state index contributed by atoms with van der Waals surface area (Å²) in [5.41, 5.74) is 2.95. The molecule has 1 amide bonds. The van der Waals surface area contributed by atoms with E-state index in [-0.39, 0.29) is 11.7 Å². The van der Waals surface area contributed by atoms with E-state index in [0.717, 1.165) is 5.52 Å². The number of rotatable bonds is 3. The number of ketones is 1. The van der Waals surface area contributed by atoms with Gasteiger partial charge in [-0.15, -0.1) is 0 Å². The molecule has 3 rings (SSSR count). The van der Waals surface area contributed by atoms with Gasteiger partial charge in [-0.05, 0) is 19.1 Å². The lowest BCUT2D eigenvalue weighted by Crippen LogP contribution is -2.12. The number of fused-ring (bicyclic) bond motifs is 1. The third kappa shape index (κ3) is 2.21. The summed E-state index contributed by atoms with van der Waals surface area (Å²) in [5.74, 6) is -0.324. The molecule has 0 saturated heterocycles. The van der Waals surface area contributed by atoms with Crippen LogP contribution in [0.5, 0.6) is 0 Å². The van der Waals surface area contributed by atoms with Crippen LogP contribution in [0.25, 0.3) is 11.1 Å². The van der Waals surface area contributed by atoms with Crippen molar-refractivity contribution in [2.75, 3.05) is 5.32 Å². The molecule has 0 saturated carbocycles. The number of aromatic amines is 1. The van der Waals surface area contributed by atoms with Crippen molar-refractivity contribution in [2.24, 2.45) is 0 Å². The Balaban J connectivity index is 1.83. The number of amides is 1. The molecule has 5 nitrogen and oxygen atoms in total. The highest BCUT2D eigenvalue weighted by Crippen LogP contribution is 2.18. The maximum absolute atomic E-state index is 12.1. The van der Waals surface area contributed by atoms with Crippen molar-refractivity contribution in [3.05, 3.63) is 53.9 Å². The third-order valence-electron chi connectivity index (χ3n) is 3.01. The van der Waals surface area contributed by atoms with Gasteiger partial charge in [0.15, 0.2) is 11.4 Å². The lowest BCUT2D eigenvalue weighted by molar-refractivity contribution is 0.100. The number of anilines is 1. The molecule has 2 aromatic heterocycles. The predicted octanol–water partition coefficient (Wildman–Crippen LogP) is 3.22. The smallest absolute Gasteiger partial charge is 0.272 e. The first kappa shape index (κ1) is 12.2. The van der Waals surface area contributed by atoms with Gasteiger partial charge in [0.25, 0.3) is 5.91 Å². The Labute approximate surface area is 114 Å². The first-order valence-electron chi connectivity index (χ1n) is 6.12. The molecule has 0 aliphatic heterocycles. The van der Waals surface area contributed by atoms with Crippen molar-refractivity contribution in [3.63, 3.8) is 0 Å². The number of furan rings is 1. The van der Waals surface area contributed by atoms with Gasteiger partial charge in [0.2, 0.25) is 0 Å². The van der Waals surface area contributed by atoms with Gasteiger partial charge >= 0.3 is 0 Å². The number of benzene rings is 1. The number of H-pyrrole nitrogens is 1. The van der Waals surface area contributed by atoms with Crippen LogP contribution in [0, 0.1) is 0 Å². The molecule has 3 aromatic rings. The highest BCUT2D eigenvalue weighted by molar-refractivity contribution is 6.06. The van der Waals surface area contributed by atoms with Gasteiger partial charge in [0, 0.05) is 23.4 Å². The molecule has 0 atom stereocenters. The van der Waals surface area contributed by atoms with Crippen molar-refractivity contribution in [1.82, 2.24) is 4.98 Å². The first-order valence-corrected chi connectivity index (χ1v) is 6.12. The number of aromatic nitrogens is 1. The van der Waals surface area contributed by atoms with Gasteiger partial charge in [-0.25, -0.2) is 0 Å². The van der Waals surface area contributed by atoms with E-state index in [1.165, 1.54) is 6.92 Å². The minimum atomic E-state index is -0.280. The summed E-state index contributed by atoms with van der Waals surface area (Å²) in [7, 11) is 0. The normalized spacial score (nSPS) is 10.7. The average molecular weight is 268 g/mol. The molecule has 0 aliphatic carbocycles. The predicted molar refractivity (Wildman–Crippen MR) is 75.0 cm³/mol. The summed E-state index contributed by atoms with van der Waals surface area (Å²) in [5, 5.41) is 2.74. The molecule has 0 unspecified atom stereocenters. The zero-order chi connectivity index (χ0) is 14.1. The van der Waals surface area contributed by atoms with Gasteiger partial charge in [0.05, 0.1) is 11.8 Å². The fourth-order valence-corrected chi connectivity index (χ4v) is 1.98. The fraction of sp³-hybridized carbons (Fsp3) is 0.0667. The topological polar surface area (TPSA) is 75.1 Å². The summed E-state index contributed by atoms with van der Waals surface area (Å²) < 4.78 is 5.19. The second-order valence-electron chi connectivity index (χ2n) is 4.47. The molecule has 20 heavy (non-hydrogen) atoms. The minimum Gasteiger partial charge on any atom is -0.463 e. The summed E-state index contributed by atoms with van der Waals surface area (Å²) in [6, 6.07) is 10.2. The van der Waals surface area contributed by atoms with E-state index in [2.05, 4.69) is 10.3 Å². The maximum Gasteiger partial charge on any atom is 0.272 e. The van der Waals surface area contributed by atoms with E-state index in [1.54, 1.807) is 42.7 Å². The lowest BCUT2D eigenvalue weighted by Gasteiger charge is -2.04. The maximum atomic E-state index is 12.1. The molecule has 2 heterocycles. The zero-order valence-electron chi connectivity index (χ0n) is 10.8. The van der Waals surface area contributed by atoms with E-state index in [0.29, 0.717) is 22.5 Å². The van der Waals surface area contributed by atoms with E-state index < -0.39 is 0 Å². The number of carbonyl (C=O) groups is 2. The highest BCUT2D eigenvalue weighted by Gasteiger charge is 2.11. The van der Waals surface area contributed by atoms with Crippen molar-refractivity contribution in [3.8, 4) is 0 Å². The van der Waals surface area contributed by atoms with E-state index in [9.17, 15) is 9.59 Å². The standard InChI is InChI=1S/C15H12N2O3/c1-9(18)10-3-2-4-11(7-10)16-15(19)13-8-14-12(17-13)5-6-20-14/h2-8,17H,1H3,(H,16,19). The largest absolute Gasteiger partial charge is 0.463 e. The van der Waals surface area contributed by atoms with Gasteiger partial charge < -0.3 is 14.7 Å². The van der Waals surface area contributed by atoms with Crippen LogP contribution in [0.2, 0.25) is 0 Å². The van der Waals surface area contributed by atoms with Crippen molar-refractivity contribution < 1.29 is 14.0 Å². The van der Waals surface area contributed by atoms with Crippen LogP contribution in [0.15, 0.2) is 47.1 Å². The van der Waals surface area contributed by atoms with Crippen LogP contribution in [0.3, 0.4) is 0 Å². The first-order chi connectivity index (χ1) is 9.63. The number of nitrogens with one attached hydrogen (secondary N) is 2. The van der Waals surface area contributed by atoms with E-state index in [4.69, 9.17) is 4.42 Å². The number of carbonyl (C=O) groups excluding carboxylic acids is 2.